The number of nitrogens with zero attached hydrogens (tertiary/aromatic N) is 3. The molecule has 1 aromatic heterocycles. The highest BCUT2D eigenvalue weighted by molar-refractivity contribution is 6.02. The molecule has 156 valence electrons. The van der Waals surface area contributed by atoms with Crippen LogP contribution in [-0.4, -0.2) is 36.3 Å². The highest BCUT2D eigenvalue weighted by Crippen LogP contribution is 2.32. The van der Waals surface area contributed by atoms with Crippen LogP contribution in [0.15, 0.2) is 30.6 Å². The average Bonchev–Trinajstić information content (AvgIpc) is 3.28. The van der Waals surface area contributed by atoms with Crippen molar-refractivity contribution >= 4 is 23.2 Å². The zero-order valence-corrected chi connectivity index (χ0v) is 17.1. The van der Waals surface area contributed by atoms with Crippen molar-refractivity contribution < 1.29 is 18.4 Å². The first kappa shape index (κ1) is 20.0. The molecule has 4 rings (SSSR count). The fourth-order valence-electron chi connectivity index (χ4n) is 4.09. The summed E-state index contributed by atoms with van der Waals surface area (Å²) in [4.78, 5) is 32.8. The van der Waals surface area contributed by atoms with Gasteiger partial charge in [-0.2, -0.15) is 0 Å². The molecule has 0 saturated carbocycles. The van der Waals surface area contributed by atoms with E-state index in [1.165, 1.54) is 24.9 Å². The number of anilines is 2. The van der Waals surface area contributed by atoms with Crippen molar-refractivity contribution in [1.82, 2.24) is 10.3 Å². The van der Waals surface area contributed by atoms with Crippen LogP contribution < -0.4 is 15.1 Å². The fourth-order valence-corrected chi connectivity index (χ4v) is 4.09. The maximum atomic E-state index is 14.6. The van der Waals surface area contributed by atoms with Gasteiger partial charge in [-0.3, -0.25) is 14.5 Å². The molecule has 1 aliphatic heterocycles. The minimum absolute atomic E-state index is 0.0000482. The van der Waals surface area contributed by atoms with Crippen molar-refractivity contribution in [2.24, 2.45) is 0 Å². The van der Waals surface area contributed by atoms with E-state index in [1.807, 2.05) is 6.92 Å². The molecule has 1 atom stereocenters. The van der Waals surface area contributed by atoms with Crippen LogP contribution in [0.4, 0.5) is 20.3 Å². The highest BCUT2D eigenvalue weighted by Gasteiger charge is 2.38. The molecular weight excluding hydrogens is 390 g/mol. The zero-order chi connectivity index (χ0) is 21.7. The largest absolute Gasteiger partial charge is 0.369 e. The number of fused-ring (bicyclic) bond motifs is 1. The van der Waals surface area contributed by atoms with Gasteiger partial charge in [0, 0.05) is 31.1 Å². The van der Waals surface area contributed by atoms with Crippen LogP contribution in [0.3, 0.4) is 0 Å². The van der Waals surface area contributed by atoms with E-state index >= 15 is 0 Å². The number of nitrogens with one attached hydrogen (secondary N) is 1. The van der Waals surface area contributed by atoms with Gasteiger partial charge in [-0.1, -0.05) is 6.58 Å². The Bertz CT molecular complexity index is 1100. The van der Waals surface area contributed by atoms with Gasteiger partial charge in [0.05, 0.1) is 11.4 Å². The third kappa shape index (κ3) is 3.03. The summed E-state index contributed by atoms with van der Waals surface area (Å²) >= 11 is 0. The van der Waals surface area contributed by atoms with E-state index in [4.69, 9.17) is 0 Å². The number of carbonyl (C=O) groups is 2. The number of ketones is 1. The predicted octanol–water partition coefficient (Wildman–Crippen LogP) is 3.02. The summed E-state index contributed by atoms with van der Waals surface area (Å²) in [7, 11) is 1.46. The van der Waals surface area contributed by atoms with Gasteiger partial charge in [0.15, 0.2) is 11.6 Å². The molecule has 30 heavy (non-hydrogen) atoms. The molecule has 1 unspecified atom stereocenters. The number of amides is 1. The molecule has 1 aromatic carbocycles. The van der Waals surface area contributed by atoms with Gasteiger partial charge in [0.1, 0.15) is 23.5 Å². The summed E-state index contributed by atoms with van der Waals surface area (Å²) in [5, 5.41) is 3.06. The Kier molecular flexibility index (Phi) is 4.80. The number of aromatic nitrogens is 1. The summed E-state index contributed by atoms with van der Waals surface area (Å²) in [5.41, 5.74) is 2.03. The van der Waals surface area contributed by atoms with Crippen molar-refractivity contribution in [3.8, 4) is 0 Å². The smallest absolute Gasteiger partial charge is 0.251 e. The monoisotopic (exact) mass is 412 g/mol. The van der Waals surface area contributed by atoms with E-state index in [1.54, 1.807) is 11.0 Å². The second-order valence-corrected chi connectivity index (χ2v) is 7.66. The normalized spacial score (nSPS) is 17.9. The number of pyridine rings is 1. The summed E-state index contributed by atoms with van der Waals surface area (Å²) in [6.45, 7) is 7.41. The Labute approximate surface area is 173 Å². The van der Waals surface area contributed by atoms with Crippen LogP contribution in [0, 0.1) is 25.5 Å². The first-order chi connectivity index (χ1) is 14.2. The first-order valence-corrected chi connectivity index (χ1v) is 9.68. The van der Waals surface area contributed by atoms with Crippen LogP contribution in [0.5, 0.6) is 0 Å². The number of hydrogen-bond acceptors (Lipinski definition) is 5. The summed E-state index contributed by atoms with van der Waals surface area (Å²) in [5.74, 6) is -0.738. The molecule has 1 fully saturated rings. The third-order valence-corrected chi connectivity index (χ3v) is 5.77. The molecule has 1 amide bonds. The quantitative estimate of drug-likeness (QED) is 0.840. The maximum absolute atomic E-state index is 14.6. The Morgan fingerprint density at radius 2 is 2.03 bits per heavy atom. The minimum Gasteiger partial charge on any atom is -0.369 e. The van der Waals surface area contributed by atoms with Crippen LogP contribution in [0.2, 0.25) is 0 Å². The number of benzene rings is 1. The Morgan fingerprint density at radius 1 is 1.30 bits per heavy atom. The molecule has 0 bridgehead atoms. The summed E-state index contributed by atoms with van der Waals surface area (Å²) < 4.78 is 28.2. The van der Waals surface area contributed by atoms with Crippen LogP contribution in [0.1, 0.15) is 33.6 Å². The van der Waals surface area contributed by atoms with Gasteiger partial charge in [-0.15, -0.1) is 0 Å². The standard InChI is InChI=1S/C22H22F2N4O2/c1-11-9-19(26-15-6-8-18(29)20(11)15)28-13(3)25-10-17(28)22(30)27(4)16-7-5-14(23)12(2)21(16)24/h5,7,9,17,25H,3,6,8,10H2,1-2,4H3. The van der Waals surface area contributed by atoms with Gasteiger partial charge < -0.3 is 10.2 Å². The van der Waals surface area contributed by atoms with Crippen LogP contribution in [-0.2, 0) is 11.2 Å². The minimum atomic E-state index is -0.771. The second kappa shape index (κ2) is 7.19. The van der Waals surface area contributed by atoms with Gasteiger partial charge in [-0.25, -0.2) is 13.8 Å². The van der Waals surface area contributed by atoms with Crippen molar-refractivity contribution in [2.45, 2.75) is 32.7 Å². The van der Waals surface area contributed by atoms with E-state index in [-0.39, 0.29) is 29.5 Å². The molecule has 1 saturated heterocycles. The molecular formula is C22H22F2N4O2. The van der Waals surface area contributed by atoms with E-state index in [9.17, 15) is 18.4 Å². The predicted molar refractivity (Wildman–Crippen MR) is 110 cm³/mol. The van der Waals surface area contributed by atoms with E-state index in [2.05, 4.69) is 16.9 Å². The topological polar surface area (TPSA) is 65.5 Å². The zero-order valence-electron chi connectivity index (χ0n) is 17.1. The first-order valence-electron chi connectivity index (χ1n) is 9.68. The van der Waals surface area contributed by atoms with E-state index < -0.39 is 17.7 Å². The van der Waals surface area contributed by atoms with E-state index in [0.717, 1.165) is 17.3 Å². The molecule has 8 heteroatoms. The Morgan fingerprint density at radius 3 is 2.77 bits per heavy atom. The van der Waals surface area contributed by atoms with Crippen molar-refractivity contribution in [1.29, 1.82) is 0 Å². The molecule has 6 nitrogen and oxygen atoms in total. The lowest BCUT2D eigenvalue weighted by molar-refractivity contribution is -0.119. The molecule has 2 aromatic rings. The third-order valence-electron chi connectivity index (χ3n) is 5.77. The number of Topliss-reactive ketones (excluding diaryl/α,β-unsaturated/α-hetero) is 1. The average molecular weight is 412 g/mol. The molecule has 1 N–H and O–H groups in total. The van der Waals surface area contributed by atoms with Crippen molar-refractivity contribution in [2.75, 3.05) is 23.4 Å². The molecule has 2 aliphatic rings. The van der Waals surface area contributed by atoms with Crippen LogP contribution in [0.25, 0.3) is 0 Å². The Balaban J connectivity index is 1.69. The van der Waals surface area contributed by atoms with Gasteiger partial charge >= 0.3 is 0 Å². The molecule has 0 spiro atoms. The fraction of sp³-hybridized carbons (Fsp3) is 0.318. The van der Waals surface area contributed by atoms with Crippen LogP contribution >= 0.6 is 0 Å². The van der Waals surface area contributed by atoms with Crippen molar-refractivity contribution in [3.05, 3.63) is 64.6 Å². The number of likely N-dealkylation sites (N-methyl/N-ethyl adjacent to an activating group) is 1. The number of halogens is 2. The lowest BCUT2D eigenvalue weighted by Crippen LogP contribution is -2.46. The lowest BCUT2D eigenvalue weighted by atomic mass is 10.1. The van der Waals surface area contributed by atoms with Gasteiger partial charge in [0.2, 0.25) is 0 Å². The summed E-state index contributed by atoms with van der Waals surface area (Å²) in [6.07, 6.45) is 0.995. The number of hydrogen-bond donors (Lipinski definition) is 1. The molecule has 1 aliphatic carbocycles. The SMILES string of the molecule is C=C1NCC(C(=O)N(C)c2ccc(F)c(C)c2F)N1c1cc(C)c2c(n1)CCC2=O. The van der Waals surface area contributed by atoms with Gasteiger partial charge in [0.25, 0.3) is 5.91 Å². The number of rotatable bonds is 3. The van der Waals surface area contributed by atoms with E-state index in [0.29, 0.717) is 30.0 Å². The number of aryl methyl sites for hydroxylation is 2. The Hall–Kier alpha value is -3.29. The maximum Gasteiger partial charge on any atom is 0.251 e. The summed E-state index contributed by atoms with van der Waals surface area (Å²) in [6, 6.07) is 3.45. The second-order valence-electron chi connectivity index (χ2n) is 7.66. The molecule has 0 radical (unpaired) electrons. The lowest BCUT2D eigenvalue weighted by Gasteiger charge is -2.29. The molecule has 2 heterocycles. The highest BCUT2D eigenvalue weighted by atomic mass is 19.1. The van der Waals surface area contributed by atoms with Crippen molar-refractivity contribution in [3.63, 3.8) is 0 Å². The number of carbonyl (C=O) groups excluding carboxylic acids is 2. The van der Waals surface area contributed by atoms with Gasteiger partial charge in [-0.05, 0) is 44.0 Å².